The van der Waals surface area contributed by atoms with Gasteiger partial charge in [0.2, 0.25) is 11.8 Å². The minimum atomic E-state index is -0.371. The van der Waals surface area contributed by atoms with E-state index in [-0.39, 0.29) is 18.2 Å². The molecule has 0 aliphatic rings. The van der Waals surface area contributed by atoms with E-state index in [1.807, 2.05) is 11.4 Å². The second kappa shape index (κ2) is 7.58. The molecule has 6 nitrogen and oxygen atoms in total. The van der Waals surface area contributed by atoms with Gasteiger partial charge in [-0.25, -0.2) is 0 Å². The third-order valence-electron chi connectivity index (χ3n) is 2.90. The molecule has 2 amide bonds. The SMILES string of the molecule is NC(=O)CCn1ccc(NC(=O)CCCc2cccs2)n1. The molecule has 2 aromatic heterocycles. The first-order valence-corrected chi connectivity index (χ1v) is 7.65. The average Bonchev–Trinajstić information content (AvgIpc) is 3.08. The van der Waals surface area contributed by atoms with Crippen molar-refractivity contribution >= 4 is 29.0 Å². The molecule has 0 fully saturated rings. The zero-order valence-corrected chi connectivity index (χ0v) is 12.4. The number of aromatic nitrogens is 2. The van der Waals surface area contributed by atoms with Crippen molar-refractivity contribution in [2.45, 2.75) is 32.2 Å². The number of aryl methyl sites for hydroxylation is 2. The Hall–Kier alpha value is -2.15. The number of hydrogen-bond acceptors (Lipinski definition) is 4. The van der Waals surface area contributed by atoms with Crippen LogP contribution in [0.2, 0.25) is 0 Å². The van der Waals surface area contributed by atoms with E-state index in [1.54, 1.807) is 28.3 Å². The molecule has 0 bridgehead atoms. The van der Waals surface area contributed by atoms with Gasteiger partial charge in [-0.15, -0.1) is 11.3 Å². The highest BCUT2D eigenvalue weighted by Crippen LogP contribution is 2.12. The normalized spacial score (nSPS) is 10.5. The van der Waals surface area contributed by atoms with Crippen LogP contribution in [0.1, 0.15) is 24.1 Å². The number of amides is 2. The molecular weight excluding hydrogens is 288 g/mol. The number of nitrogens with one attached hydrogen (secondary N) is 1. The number of anilines is 1. The van der Waals surface area contributed by atoms with Crippen LogP contribution in [-0.2, 0) is 22.6 Å². The van der Waals surface area contributed by atoms with Crippen molar-refractivity contribution in [2.24, 2.45) is 5.73 Å². The molecule has 2 aromatic rings. The smallest absolute Gasteiger partial charge is 0.225 e. The minimum Gasteiger partial charge on any atom is -0.370 e. The topological polar surface area (TPSA) is 90.0 Å². The molecular formula is C14H18N4O2S. The fourth-order valence-corrected chi connectivity index (χ4v) is 2.61. The Bertz CT molecular complexity index is 592. The van der Waals surface area contributed by atoms with Crippen LogP contribution in [0.25, 0.3) is 0 Å². The molecule has 0 atom stereocenters. The molecule has 0 aliphatic heterocycles. The van der Waals surface area contributed by atoms with Gasteiger partial charge in [0.15, 0.2) is 5.82 Å². The molecule has 21 heavy (non-hydrogen) atoms. The average molecular weight is 306 g/mol. The molecule has 0 aromatic carbocycles. The Kier molecular flexibility index (Phi) is 5.51. The highest BCUT2D eigenvalue weighted by atomic mass is 32.1. The van der Waals surface area contributed by atoms with Gasteiger partial charge in [-0.3, -0.25) is 14.3 Å². The lowest BCUT2D eigenvalue weighted by Gasteiger charge is -2.02. The number of carbonyl (C=O) groups is 2. The molecule has 0 unspecified atom stereocenters. The minimum absolute atomic E-state index is 0.0493. The van der Waals surface area contributed by atoms with E-state index in [9.17, 15) is 9.59 Å². The van der Waals surface area contributed by atoms with Gasteiger partial charge in [-0.2, -0.15) is 5.10 Å². The molecule has 0 saturated carbocycles. The molecule has 0 radical (unpaired) electrons. The van der Waals surface area contributed by atoms with E-state index in [0.29, 0.717) is 18.8 Å². The standard InChI is InChI=1S/C14H18N4O2S/c15-12(19)6-8-18-9-7-13(17-18)16-14(20)5-1-3-11-4-2-10-21-11/h2,4,7,9-10H,1,3,5-6,8H2,(H2,15,19)(H,16,17,20). The predicted molar refractivity (Wildman–Crippen MR) is 81.9 cm³/mol. The summed E-state index contributed by atoms with van der Waals surface area (Å²) in [5, 5.41) is 8.94. The van der Waals surface area contributed by atoms with Crippen LogP contribution in [0.3, 0.4) is 0 Å². The van der Waals surface area contributed by atoms with Crippen LogP contribution < -0.4 is 11.1 Å². The summed E-state index contributed by atoms with van der Waals surface area (Å²) in [4.78, 5) is 23.8. The van der Waals surface area contributed by atoms with Gasteiger partial charge < -0.3 is 11.1 Å². The molecule has 7 heteroatoms. The van der Waals surface area contributed by atoms with E-state index in [2.05, 4.69) is 16.5 Å². The molecule has 3 N–H and O–H groups in total. The number of carbonyl (C=O) groups excluding carboxylic acids is 2. The van der Waals surface area contributed by atoms with E-state index in [4.69, 9.17) is 5.73 Å². The fraction of sp³-hybridized carbons (Fsp3) is 0.357. The van der Waals surface area contributed by atoms with E-state index in [0.717, 1.165) is 12.8 Å². The lowest BCUT2D eigenvalue weighted by Crippen LogP contribution is -2.15. The van der Waals surface area contributed by atoms with Crippen LogP contribution in [0, 0.1) is 0 Å². The van der Waals surface area contributed by atoms with E-state index >= 15 is 0 Å². The number of primary amides is 1. The summed E-state index contributed by atoms with van der Waals surface area (Å²) in [6, 6.07) is 5.79. The zero-order valence-electron chi connectivity index (χ0n) is 11.6. The van der Waals surface area contributed by atoms with Crippen molar-refractivity contribution < 1.29 is 9.59 Å². The lowest BCUT2D eigenvalue weighted by molar-refractivity contribution is -0.118. The van der Waals surface area contributed by atoms with Gasteiger partial charge in [-0.05, 0) is 24.3 Å². The Labute approximate surface area is 127 Å². The fourth-order valence-electron chi connectivity index (χ4n) is 1.86. The van der Waals surface area contributed by atoms with E-state index < -0.39 is 0 Å². The van der Waals surface area contributed by atoms with Crippen LogP contribution >= 0.6 is 11.3 Å². The monoisotopic (exact) mass is 306 g/mol. The summed E-state index contributed by atoms with van der Waals surface area (Å²) in [5.74, 6) is 0.0805. The van der Waals surface area contributed by atoms with Crippen molar-refractivity contribution in [3.63, 3.8) is 0 Å². The zero-order chi connectivity index (χ0) is 15.1. The molecule has 112 valence electrons. The number of thiophene rings is 1. The van der Waals surface area contributed by atoms with Gasteiger partial charge in [-0.1, -0.05) is 6.07 Å². The maximum atomic E-state index is 11.8. The second-order valence-electron chi connectivity index (χ2n) is 4.66. The van der Waals surface area contributed by atoms with E-state index in [1.165, 1.54) is 4.88 Å². The summed E-state index contributed by atoms with van der Waals surface area (Å²) in [6.45, 7) is 0.420. The first-order chi connectivity index (χ1) is 10.1. The summed E-state index contributed by atoms with van der Waals surface area (Å²) < 4.78 is 1.59. The van der Waals surface area contributed by atoms with Crippen molar-refractivity contribution in [3.05, 3.63) is 34.7 Å². The second-order valence-corrected chi connectivity index (χ2v) is 5.69. The number of nitrogens with two attached hydrogens (primary N) is 1. The third kappa shape index (κ3) is 5.39. The molecule has 0 aliphatic carbocycles. The Morgan fingerprint density at radius 3 is 2.90 bits per heavy atom. The van der Waals surface area contributed by atoms with Gasteiger partial charge in [0, 0.05) is 36.5 Å². The highest BCUT2D eigenvalue weighted by Gasteiger charge is 2.06. The molecule has 2 rings (SSSR count). The van der Waals surface area contributed by atoms with Crippen LogP contribution in [-0.4, -0.2) is 21.6 Å². The maximum Gasteiger partial charge on any atom is 0.225 e. The predicted octanol–water partition coefficient (Wildman–Crippen LogP) is 1.78. The molecule has 0 saturated heterocycles. The van der Waals surface area contributed by atoms with Gasteiger partial charge in [0.1, 0.15) is 0 Å². The first kappa shape index (κ1) is 15.2. The van der Waals surface area contributed by atoms with Gasteiger partial charge >= 0.3 is 0 Å². The molecule has 2 heterocycles. The van der Waals surface area contributed by atoms with Gasteiger partial charge in [0.05, 0.1) is 0 Å². The van der Waals surface area contributed by atoms with Crippen LogP contribution in [0.5, 0.6) is 0 Å². The highest BCUT2D eigenvalue weighted by molar-refractivity contribution is 7.09. The Morgan fingerprint density at radius 2 is 2.19 bits per heavy atom. The van der Waals surface area contributed by atoms with Crippen molar-refractivity contribution in [2.75, 3.05) is 5.32 Å². The van der Waals surface area contributed by atoms with Crippen LogP contribution in [0.15, 0.2) is 29.8 Å². The van der Waals surface area contributed by atoms with Crippen LogP contribution in [0.4, 0.5) is 5.82 Å². The Balaban J connectivity index is 1.71. The quantitative estimate of drug-likeness (QED) is 0.779. The lowest BCUT2D eigenvalue weighted by atomic mass is 10.2. The molecule has 0 spiro atoms. The number of nitrogens with zero attached hydrogens (tertiary/aromatic N) is 2. The van der Waals surface area contributed by atoms with Crippen molar-refractivity contribution in [1.29, 1.82) is 0 Å². The van der Waals surface area contributed by atoms with Gasteiger partial charge in [0.25, 0.3) is 0 Å². The summed E-state index contributed by atoms with van der Waals surface area (Å²) in [6.07, 6.45) is 4.14. The number of hydrogen-bond donors (Lipinski definition) is 2. The third-order valence-corrected chi connectivity index (χ3v) is 3.84. The van der Waals surface area contributed by atoms with Crippen molar-refractivity contribution in [3.8, 4) is 0 Å². The Morgan fingerprint density at radius 1 is 1.33 bits per heavy atom. The summed E-state index contributed by atoms with van der Waals surface area (Å²) in [5.41, 5.74) is 5.07. The summed E-state index contributed by atoms with van der Waals surface area (Å²) >= 11 is 1.70. The maximum absolute atomic E-state index is 11.8. The van der Waals surface area contributed by atoms with Crippen molar-refractivity contribution in [1.82, 2.24) is 9.78 Å². The summed E-state index contributed by atoms with van der Waals surface area (Å²) in [7, 11) is 0. The largest absolute Gasteiger partial charge is 0.370 e. The number of rotatable bonds is 8. The first-order valence-electron chi connectivity index (χ1n) is 6.77.